The van der Waals surface area contributed by atoms with E-state index in [4.69, 9.17) is 4.74 Å². The molecule has 0 spiro atoms. The smallest absolute Gasteiger partial charge is 0.240 e. The minimum atomic E-state index is -3.43. The molecule has 1 aromatic rings. The molecule has 1 fully saturated rings. The van der Waals surface area contributed by atoms with Gasteiger partial charge in [0.1, 0.15) is 5.75 Å². The fraction of sp³-hybridized carbons (Fsp3) is 0.538. The summed E-state index contributed by atoms with van der Waals surface area (Å²) in [6, 6.07) is 5.07. The Morgan fingerprint density at radius 1 is 1.37 bits per heavy atom. The summed E-state index contributed by atoms with van der Waals surface area (Å²) in [7, 11) is -3.43. The third kappa shape index (κ3) is 2.75. The van der Waals surface area contributed by atoms with Gasteiger partial charge in [-0.25, -0.2) is 13.1 Å². The van der Waals surface area contributed by atoms with Crippen molar-refractivity contribution in [2.24, 2.45) is 0 Å². The molecule has 2 N–H and O–H groups in total. The lowest BCUT2D eigenvalue weighted by atomic mass is 10.1. The molecule has 1 saturated heterocycles. The largest absolute Gasteiger partial charge is 0.493 e. The van der Waals surface area contributed by atoms with Gasteiger partial charge in [-0.1, -0.05) is 0 Å². The first kappa shape index (κ1) is 12.9. The van der Waals surface area contributed by atoms with Crippen LogP contribution in [0.1, 0.15) is 18.4 Å². The standard InChI is InChI=1S/C13H18N2O3S/c16-19(17,15-11-2-1-6-14-9-11)12-3-4-13-10(8-12)5-7-18-13/h3-4,8,11,14-15H,1-2,5-7,9H2. The lowest BCUT2D eigenvalue weighted by Crippen LogP contribution is -2.45. The normalized spacial score (nSPS) is 22.8. The van der Waals surface area contributed by atoms with E-state index in [2.05, 4.69) is 10.0 Å². The van der Waals surface area contributed by atoms with Crippen molar-refractivity contribution in [1.29, 1.82) is 0 Å². The summed E-state index contributed by atoms with van der Waals surface area (Å²) in [4.78, 5) is 0.335. The second-order valence-electron chi connectivity index (χ2n) is 5.03. The quantitative estimate of drug-likeness (QED) is 0.854. The Morgan fingerprint density at radius 2 is 2.26 bits per heavy atom. The van der Waals surface area contributed by atoms with E-state index in [1.165, 1.54) is 0 Å². The molecule has 0 saturated carbocycles. The van der Waals surface area contributed by atoms with Crippen LogP contribution >= 0.6 is 0 Å². The monoisotopic (exact) mass is 282 g/mol. The number of benzene rings is 1. The number of hydrogen-bond donors (Lipinski definition) is 2. The average Bonchev–Trinajstić information content (AvgIpc) is 2.86. The van der Waals surface area contributed by atoms with Gasteiger partial charge in [0, 0.05) is 19.0 Å². The summed E-state index contributed by atoms with van der Waals surface area (Å²) in [5.41, 5.74) is 0.977. The van der Waals surface area contributed by atoms with Gasteiger partial charge in [0.15, 0.2) is 0 Å². The number of rotatable bonds is 3. The molecule has 0 aliphatic carbocycles. The first-order valence-corrected chi connectivity index (χ1v) is 8.12. The summed E-state index contributed by atoms with van der Waals surface area (Å²) in [6.07, 6.45) is 2.68. The highest BCUT2D eigenvalue weighted by Gasteiger charge is 2.23. The van der Waals surface area contributed by atoms with Crippen LogP contribution in [0.2, 0.25) is 0 Å². The van der Waals surface area contributed by atoms with Crippen molar-refractivity contribution < 1.29 is 13.2 Å². The van der Waals surface area contributed by atoms with Crippen LogP contribution in [0.15, 0.2) is 23.1 Å². The van der Waals surface area contributed by atoms with Crippen molar-refractivity contribution in [1.82, 2.24) is 10.0 Å². The minimum Gasteiger partial charge on any atom is -0.493 e. The van der Waals surface area contributed by atoms with E-state index in [-0.39, 0.29) is 6.04 Å². The van der Waals surface area contributed by atoms with Crippen molar-refractivity contribution in [2.75, 3.05) is 19.7 Å². The molecule has 6 heteroatoms. The molecule has 19 heavy (non-hydrogen) atoms. The molecule has 104 valence electrons. The maximum Gasteiger partial charge on any atom is 0.240 e. The molecule has 2 aliphatic rings. The summed E-state index contributed by atoms with van der Waals surface area (Å²) >= 11 is 0. The molecular weight excluding hydrogens is 264 g/mol. The maximum atomic E-state index is 12.3. The van der Waals surface area contributed by atoms with Crippen molar-refractivity contribution in [3.05, 3.63) is 23.8 Å². The highest BCUT2D eigenvalue weighted by molar-refractivity contribution is 7.89. The van der Waals surface area contributed by atoms with Crippen LogP contribution in [-0.4, -0.2) is 34.2 Å². The number of fused-ring (bicyclic) bond motifs is 1. The maximum absolute atomic E-state index is 12.3. The molecule has 3 rings (SSSR count). The van der Waals surface area contributed by atoms with Crippen LogP contribution in [0.5, 0.6) is 5.75 Å². The highest BCUT2D eigenvalue weighted by atomic mass is 32.2. The van der Waals surface area contributed by atoms with Gasteiger partial charge in [0.05, 0.1) is 11.5 Å². The molecule has 0 aromatic heterocycles. The third-order valence-corrected chi connectivity index (χ3v) is 5.11. The Morgan fingerprint density at radius 3 is 3.05 bits per heavy atom. The van der Waals surface area contributed by atoms with Gasteiger partial charge in [-0.15, -0.1) is 0 Å². The highest BCUT2D eigenvalue weighted by Crippen LogP contribution is 2.27. The molecule has 5 nitrogen and oxygen atoms in total. The van der Waals surface area contributed by atoms with Crippen molar-refractivity contribution in [3.8, 4) is 5.75 Å². The van der Waals surface area contributed by atoms with E-state index in [1.54, 1.807) is 18.2 Å². The first-order chi connectivity index (χ1) is 9.15. The van der Waals surface area contributed by atoms with Gasteiger partial charge in [-0.05, 0) is 43.1 Å². The molecule has 0 amide bonds. The Hall–Kier alpha value is -1.11. The summed E-state index contributed by atoms with van der Waals surface area (Å²) < 4.78 is 32.8. The van der Waals surface area contributed by atoms with Gasteiger partial charge in [0.25, 0.3) is 0 Å². The molecule has 1 atom stereocenters. The number of ether oxygens (including phenoxy) is 1. The van der Waals surface area contributed by atoms with Crippen LogP contribution in [0.25, 0.3) is 0 Å². The van der Waals surface area contributed by atoms with E-state index in [0.717, 1.165) is 37.1 Å². The van der Waals surface area contributed by atoms with E-state index in [1.807, 2.05) is 0 Å². The molecule has 2 heterocycles. The topological polar surface area (TPSA) is 67.4 Å². The van der Waals surface area contributed by atoms with Gasteiger partial charge >= 0.3 is 0 Å². The molecule has 1 aromatic carbocycles. The van der Waals surface area contributed by atoms with E-state index in [0.29, 0.717) is 18.0 Å². The van der Waals surface area contributed by atoms with Crippen LogP contribution in [0.4, 0.5) is 0 Å². The summed E-state index contributed by atoms with van der Waals surface area (Å²) in [5.74, 6) is 0.804. The number of nitrogens with one attached hydrogen (secondary N) is 2. The van der Waals surface area contributed by atoms with Gasteiger partial charge < -0.3 is 10.1 Å². The van der Waals surface area contributed by atoms with Gasteiger partial charge in [-0.2, -0.15) is 0 Å². The Bertz CT molecular complexity index is 565. The number of sulfonamides is 1. The zero-order valence-corrected chi connectivity index (χ0v) is 11.5. The van der Waals surface area contributed by atoms with Gasteiger partial charge in [-0.3, -0.25) is 0 Å². The van der Waals surface area contributed by atoms with Crippen LogP contribution < -0.4 is 14.8 Å². The van der Waals surface area contributed by atoms with E-state index < -0.39 is 10.0 Å². The average molecular weight is 282 g/mol. The summed E-state index contributed by atoms with van der Waals surface area (Å²) in [6.45, 7) is 2.31. The van der Waals surface area contributed by atoms with Gasteiger partial charge in [0.2, 0.25) is 10.0 Å². The van der Waals surface area contributed by atoms with Crippen LogP contribution in [-0.2, 0) is 16.4 Å². The SMILES string of the molecule is O=S(=O)(NC1CCCNC1)c1ccc2c(c1)CCO2. The van der Waals surface area contributed by atoms with E-state index >= 15 is 0 Å². The number of hydrogen-bond acceptors (Lipinski definition) is 4. The van der Waals surface area contributed by atoms with Crippen LogP contribution in [0, 0.1) is 0 Å². The van der Waals surface area contributed by atoms with Crippen molar-refractivity contribution in [2.45, 2.75) is 30.2 Å². The van der Waals surface area contributed by atoms with E-state index in [9.17, 15) is 8.42 Å². The second-order valence-corrected chi connectivity index (χ2v) is 6.75. The zero-order valence-electron chi connectivity index (χ0n) is 10.7. The fourth-order valence-corrected chi connectivity index (χ4v) is 3.89. The Balaban J connectivity index is 1.79. The van der Waals surface area contributed by atoms with Crippen molar-refractivity contribution >= 4 is 10.0 Å². The molecule has 1 unspecified atom stereocenters. The zero-order chi connectivity index (χ0) is 13.3. The minimum absolute atomic E-state index is 0.0109. The predicted octanol–water partition coefficient (Wildman–Crippen LogP) is 0.652. The molecule has 0 radical (unpaired) electrons. The fourth-order valence-electron chi connectivity index (χ4n) is 2.57. The summed E-state index contributed by atoms with van der Waals surface area (Å²) in [5, 5.41) is 3.20. The molecular formula is C13H18N2O3S. The Labute approximate surface area is 113 Å². The first-order valence-electron chi connectivity index (χ1n) is 6.64. The van der Waals surface area contributed by atoms with Crippen molar-refractivity contribution in [3.63, 3.8) is 0 Å². The lowest BCUT2D eigenvalue weighted by Gasteiger charge is -2.23. The number of piperidine rings is 1. The lowest BCUT2D eigenvalue weighted by molar-refractivity contribution is 0.356. The second kappa shape index (κ2) is 5.11. The van der Waals surface area contributed by atoms with Crippen LogP contribution in [0.3, 0.4) is 0 Å². The predicted molar refractivity (Wildman–Crippen MR) is 71.9 cm³/mol. The molecule has 2 aliphatic heterocycles. The molecule has 0 bridgehead atoms. The Kier molecular flexibility index (Phi) is 3.47. The third-order valence-electron chi connectivity index (χ3n) is 3.59.